The van der Waals surface area contributed by atoms with Gasteiger partial charge >= 0.3 is 0 Å². The fourth-order valence-electron chi connectivity index (χ4n) is 5.54. The topological polar surface area (TPSA) is 3.24 Å². The van der Waals surface area contributed by atoms with E-state index in [9.17, 15) is 1.37 Å². The molecule has 0 saturated carbocycles. The molecule has 0 N–H and O–H groups in total. The molecule has 1 heteroatoms. The van der Waals surface area contributed by atoms with E-state index in [1.54, 1.807) is 0 Å². The summed E-state index contributed by atoms with van der Waals surface area (Å²) in [6, 6.07) is 27.6. The first-order valence-electron chi connectivity index (χ1n) is 14.0. The van der Waals surface area contributed by atoms with Gasteiger partial charge in [-0.25, -0.2) is 0 Å². The van der Waals surface area contributed by atoms with Crippen LogP contribution in [0.2, 0.25) is 0 Å². The Morgan fingerprint density at radius 2 is 1.17 bits per heavy atom. The maximum absolute atomic E-state index is 9.38. The first kappa shape index (κ1) is 19.9. The number of hydrogen-bond donors (Lipinski definition) is 0. The first-order valence-corrected chi connectivity index (χ1v) is 12.5. The average Bonchev–Trinajstić information content (AvgIpc) is 2.99. The van der Waals surface area contributed by atoms with Crippen LogP contribution in [0.5, 0.6) is 0 Å². The van der Waals surface area contributed by atoms with Crippen LogP contribution in [-0.4, -0.2) is 0 Å². The van der Waals surface area contributed by atoms with Gasteiger partial charge in [0.05, 0.1) is 4.11 Å². The van der Waals surface area contributed by atoms with E-state index < -0.39 is 0 Å². The zero-order chi connectivity index (χ0) is 27.6. The van der Waals surface area contributed by atoms with E-state index in [0.717, 1.165) is 39.3 Å². The van der Waals surface area contributed by atoms with E-state index in [1.165, 1.54) is 0 Å². The molecular weight excluding hydrogens is 422 g/mol. The van der Waals surface area contributed by atoms with Crippen molar-refractivity contribution in [3.8, 4) is 11.1 Å². The Hall–Kier alpha value is -3.32. The van der Waals surface area contributed by atoms with Gasteiger partial charge in [0.1, 0.15) is 0 Å². The molecule has 0 aliphatic heterocycles. The number of anilines is 3. The standard InChI is InChI=1S/C34H37N/c1-24-22-25(26-18-20-29-30(23-26)33(4,5)34(6,7)32(29,2)3)19-21-31(24)35(27-14-10-8-11-15-27)28-16-12-9-13-17-28/h8-23H,1-7H3/i18D,20D,23D. The fraction of sp³-hybridized carbons (Fsp3) is 0.294. The summed E-state index contributed by atoms with van der Waals surface area (Å²) in [5, 5.41) is 0. The third kappa shape index (κ3) is 3.52. The summed E-state index contributed by atoms with van der Waals surface area (Å²) in [7, 11) is 0. The van der Waals surface area contributed by atoms with Gasteiger partial charge < -0.3 is 4.90 Å². The number of para-hydroxylation sites is 2. The number of fused-ring (bicyclic) bond motifs is 1. The highest BCUT2D eigenvalue weighted by Gasteiger charge is 2.56. The van der Waals surface area contributed by atoms with Crippen molar-refractivity contribution in [3.63, 3.8) is 0 Å². The second-order valence-electron chi connectivity index (χ2n) is 11.4. The molecule has 0 amide bonds. The Morgan fingerprint density at radius 3 is 1.71 bits per heavy atom. The van der Waals surface area contributed by atoms with Crippen molar-refractivity contribution in [1.29, 1.82) is 0 Å². The maximum atomic E-state index is 9.38. The van der Waals surface area contributed by atoms with Crippen molar-refractivity contribution in [2.45, 2.75) is 59.3 Å². The summed E-state index contributed by atoms with van der Waals surface area (Å²) in [6.45, 7) is 15.3. The van der Waals surface area contributed by atoms with Crippen LogP contribution in [0.25, 0.3) is 11.1 Å². The highest BCUT2D eigenvalue weighted by atomic mass is 15.1. The third-order valence-corrected chi connectivity index (χ3v) is 8.94. The zero-order valence-electron chi connectivity index (χ0n) is 25.0. The van der Waals surface area contributed by atoms with Crippen molar-refractivity contribution in [2.75, 3.05) is 4.90 Å². The number of nitrogens with zero attached hydrogens (tertiary/aromatic N) is 1. The summed E-state index contributed by atoms with van der Waals surface area (Å²) < 4.78 is 27.5. The van der Waals surface area contributed by atoms with Crippen molar-refractivity contribution >= 4 is 17.1 Å². The van der Waals surface area contributed by atoms with Crippen LogP contribution in [-0.2, 0) is 10.8 Å². The molecule has 0 radical (unpaired) electrons. The minimum Gasteiger partial charge on any atom is -0.310 e. The quantitative estimate of drug-likeness (QED) is 0.292. The van der Waals surface area contributed by atoms with E-state index >= 15 is 0 Å². The Bertz CT molecular complexity index is 1480. The lowest BCUT2D eigenvalue weighted by Crippen LogP contribution is -2.42. The number of benzene rings is 4. The lowest BCUT2D eigenvalue weighted by Gasteiger charge is -2.44. The van der Waals surface area contributed by atoms with Gasteiger partial charge in [-0.05, 0) is 87.4 Å². The van der Waals surface area contributed by atoms with Gasteiger partial charge in [0.15, 0.2) is 0 Å². The SMILES string of the molecule is [2H]c1c([2H])c2c(c([2H])c1-c1ccc(N(c3ccccc3)c3ccccc3)c(C)c1)C(C)(C)C(C)(C)C2(C)C. The molecule has 4 aromatic carbocycles. The summed E-state index contributed by atoms with van der Waals surface area (Å²) in [4.78, 5) is 2.23. The van der Waals surface area contributed by atoms with Crippen LogP contribution < -0.4 is 4.90 Å². The smallest absolute Gasteiger partial charge is 0.0632 e. The summed E-state index contributed by atoms with van der Waals surface area (Å²) in [6.07, 6.45) is 0. The Morgan fingerprint density at radius 1 is 0.629 bits per heavy atom. The van der Waals surface area contributed by atoms with E-state index in [1.807, 2.05) is 42.5 Å². The van der Waals surface area contributed by atoms with Crippen LogP contribution in [0.15, 0.2) is 97.0 Å². The van der Waals surface area contributed by atoms with Gasteiger partial charge in [0.2, 0.25) is 0 Å². The number of aryl methyl sites for hydroxylation is 1. The molecule has 0 bridgehead atoms. The van der Waals surface area contributed by atoms with Gasteiger partial charge in [0, 0.05) is 17.1 Å². The molecule has 1 nitrogen and oxygen atoms in total. The van der Waals surface area contributed by atoms with E-state index in [4.69, 9.17) is 2.74 Å². The molecule has 1 aliphatic rings. The third-order valence-electron chi connectivity index (χ3n) is 8.94. The lowest BCUT2D eigenvalue weighted by molar-refractivity contribution is 0.125. The van der Waals surface area contributed by atoms with Crippen LogP contribution >= 0.6 is 0 Å². The van der Waals surface area contributed by atoms with Crippen LogP contribution in [0.1, 0.15) is 62.3 Å². The minimum atomic E-state index is -0.321. The molecule has 35 heavy (non-hydrogen) atoms. The molecular formula is C34H37N. The Kier molecular flexibility index (Phi) is 4.63. The van der Waals surface area contributed by atoms with Crippen molar-refractivity contribution < 1.29 is 4.11 Å². The Labute approximate surface area is 215 Å². The molecule has 0 heterocycles. The fourth-order valence-corrected chi connectivity index (χ4v) is 5.54. The molecule has 0 unspecified atom stereocenters. The molecule has 0 saturated heterocycles. The number of rotatable bonds is 4. The normalized spacial score (nSPS) is 18.3. The molecule has 0 atom stereocenters. The lowest BCUT2D eigenvalue weighted by atomic mass is 9.59. The average molecular weight is 463 g/mol. The van der Waals surface area contributed by atoms with E-state index in [-0.39, 0.29) is 28.3 Å². The van der Waals surface area contributed by atoms with Gasteiger partial charge in [-0.3, -0.25) is 0 Å². The first-order chi connectivity index (χ1) is 17.8. The zero-order valence-corrected chi connectivity index (χ0v) is 22.0. The largest absolute Gasteiger partial charge is 0.310 e. The van der Waals surface area contributed by atoms with Crippen LogP contribution in [0.3, 0.4) is 0 Å². The summed E-state index contributed by atoms with van der Waals surface area (Å²) >= 11 is 0. The molecule has 5 rings (SSSR count). The molecule has 0 spiro atoms. The monoisotopic (exact) mass is 462 g/mol. The van der Waals surface area contributed by atoms with Gasteiger partial charge in [0.25, 0.3) is 0 Å². The van der Waals surface area contributed by atoms with Crippen LogP contribution in [0, 0.1) is 12.3 Å². The van der Waals surface area contributed by atoms with Crippen molar-refractivity contribution in [3.05, 3.63) is 114 Å². The molecule has 0 aromatic heterocycles. The van der Waals surface area contributed by atoms with Crippen molar-refractivity contribution in [1.82, 2.24) is 0 Å². The predicted molar refractivity (Wildman–Crippen MR) is 151 cm³/mol. The predicted octanol–water partition coefficient (Wildman–Crippen LogP) is 9.73. The maximum Gasteiger partial charge on any atom is 0.0632 e. The molecule has 1 aliphatic carbocycles. The summed E-state index contributed by atoms with van der Waals surface area (Å²) in [5.41, 5.74) is 6.55. The highest BCUT2D eigenvalue weighted by molar-refractivity contribution is 5.80. The van der Waals surface area contributed by atoms with Gasteiger partial charge in [-0.2, -0.15) is 0 Å². The second-order valence-corrected chi connectivity index (χ2v) is 11.4. The van der Waals surface area contributed by atoms with Gasteiger partial charge in [-0.15, -0.1) is 0 Å². The molecule has 4 aromatic rings. The van der Waals surface area contributed by atoms with E-state index in [2.05, 4.69) is 89.8 Å². The molecule has 178 valence electrons. The Balaban J connectivity index is 1.70. The second kappa shape index (κ2) is 8.12. The summed E-state index contributed by atoms with van der Waals surface area (Å²) in [5.74, 6) is 0. The highest BCUT2D eigenvalue weighted by Crippen LogP contribution is 2.61. The van der Waals surface area contributed by atoms with Crippen molar-refractivity contribution in [2.24, 2.45) is 5.41 Å². The van der Waals surface area contributed by atoms with E-state index in [0.29, 0.717) is 11.6 Å². The molecule has 0 fully saturated rings. The van der Waals surface area contributed by atoms with Crippen LogP contribution in [0.4, 0.5) is 17.1 Å². The minimum absolute atomic E-state index is 0.144. The van der Waals surface area contributed by atoms with Gasteiger partial charge in [-0.1, -0.05) is 102 Å². The number of hydrogen-bond acceptors (Lipinski definition) is 1.